The fourth-order valence-electron chi connectivity index (χ4n) is 4.70. The Labute approximate surface area is 196 Å². The topological polar surface area (TPSA) is 67.4 Å². The highest BCUT2D eigenvalue weighted by Crippen LogP contribution is 2.50. The predicted molar refractivity (Wildman–Crippen MR) is 131 cm³/mol. The molecule has 3 atom stereocenters. The SMILES string of the molecule is COc1ccccc1NS(=O)(=O)c1ccc2c(c1)[C@@H]1C=CC[C@@H]1[C@H](c1cccc(Br)c1)N2. The quantitative estimate of drug-likeness (QED) is 0.407. The lowest BCUT2D eigenvalue weighted by Crippen LogP contribution is -2.29. The van der Waals surface area contributed by atoms with Gasteiger partial charge in [0, 0.05) is 16.1 Å². The standard InChI is InChI=1S/C25H23BrN2O3S/c1-31-24-11-3-2-10-23(24)28-32(29,30)18-12-13-22-21(15-18)19-8-5-9-20(19)25(27-22)16-6-4-7-17(26)14-16/h2-8,10-15,19-20,25,27-28H,9H2,1H3/t19-,20+,25+/m1/s1. The number of allylic oxidation sites excluding steroid dienone is 2. The summed E-state index contributed by atoms with van der Waals surface area (Å²) >= 11 is 3.58. The van der Waals surface area contributed by atoms with E-state index in [-0.39, 0.29) is 16.9 Å². The molecule has 3 aromatic carbocycles. The maximum Gasteiger partial charge on any atom is 0.262 e. The molecule has 164 valence electrons. The van der Waals surface area contributed by atoms with E-state index >= 15 is 0 Å². The number of hydrogen-bond donors (Lipinski definition) is 2. The van der Waals surface area contributed by atoms with Crippen molar-refractivity contribution < 1.29 is 13.2 Å². The summed E-state index contributed by atoms with van der Waals surface area (Å²) in [4.78, 5) is 0.240. The summed E-state index contributed by atoms with van der Waals surface area (Å²) < 4.78 is 35.3. The number of methoxy groups -OCH3 is 1. The zero-order chi connectivity index (χ0) is 22.3. The minimum absolute atomic E-state index is 0.161. The molecule has 1 aliphatic carbocycles. The van der Waals surface area contributed by atoms with Crippen LogP contribution in [0.3, 0.4) is 0 Å². The molecule has 0 unspecified atom stereocenters. The van der Waals surface area contributed by atoms with Crippen molar-refractivity contribution in [2.45, 2.75) is 23.3 Å². The third kappa shape index (κ3) is 3.80. The molecule has 0 fully saturated rings. The first-order valence-electron chi connectivity index (χ1n) is 10.4. The van der Waals surface area contributed by atoms with Gasteiger partial charge < -0.3 is 10.1 Å². The highest BCUT2D eigenvalue weighted by molar-refractivity contribution is 9.10. The summed E-state index contributed by atoms with van der Waals surface area (Å²) in [6, 6.07) is 20.8. The van der Waals surface area contributed by atoms with Crippen LogP contribution in [0.4, 0.5) is 11.4 Å². The van der Waals surface area contributed by atoms with Crippen molar-refractivity contribution in [1.29, 1.82) is 0 Å². The molecule has 7 heteroatoms. The molecule has 2 N–H and O–H groups in total. The van der Waals surface area contributed by atoms with Gasteiger partial charge in [-0.1, -0.05) is 52.3 Å². The molecule has 3 aromatic rings. The second kappa shape index (κ2) is 8.30. The average Bonchev–Trinajstić information content (AvgIpc) is 3.28. The maximum atomic E-state index is 13.2. The Hall–Kier alpha value is -2.77. The molecule has 0 aromatic heterocycles. The van der Waals surface area contributed by atoms with E-state index in [0.717, 1.165) is 22.1 Å². The van der Waals surface area contributed by atoms with E-state index in [1.807, 2.05) is 18.2 Å². The Kier molecular flexibility index (Phi) is 5.47. The molecule has 2 aliphatic rings. The van der Waals surface area contributed by atoms with E-state index in [9.17, 15) is 8.42 Å². The van der Waals surface area contributed by atoms with E-state index in [2.05, 4.69) is 50.3 Å². The van der Waals surface area contributed by atoms with Crippen LogP contribution in [-0.2, 0) is 10.0 Å². The molecule has 1 heterocycles. The van der Waals surface area contributed by atoms with Gasteiger partial charge in [-0.15, -0.1) is 0 Å². The van der Waals surface area contributed by atoms with Gasteiger partial charge >= 0.3 is 0 Å². The number of ether oxygens (including phenoxy) is 1. The highest BCUT2D eigenvalue weighted by Gasteiger charge is 2.38. The molecule has 5 nitrogen and oxygen atoms in total. The van der Waals surface area contributed by atoms with Crippen LogP contribution < -0.4 is 14.8 Å². The molecule has 0 amide bonds. The van der Waals surface area contributed by atoms with Crippen molar-refractivity contribution in [1.82, 2.24) is 0 Å². The normalized spacial score (nSPS) is 21.4. The van der Waals surface area contributed by atoms with E-state index < -0.39 is 10.0 Å². The van der Waals surface area contributed by atoms with Crippen LogP contribution in [0.1, 0.15) is 29.5 Å². The number of sulfonamides is 1. The van der Waals surface area contributed by atoms with Crippen LogP contribution in [0, 0.1) is 5.92 Å². The number of fused-ring (bicyclic) bond motifs is 3. The summed E-state index contributed by atoms with van der Waals surface area (Å²) in [6.45, 7) is 0. The average molecular weight is 511 g/mol. The number of nitrogens with one attached hydrogen (secondary N) is 2. The van der Waals surface area contributed by atoms with Crippen LogP contribution in [-0.4, -0.2) is 15.5 Å². The first-order valence-corrected chi connectivity index (χ1v) is 12.7. The van der Waals surface area contributed by atoms with Gasteiger partial charge in [0.05, 0.1) is 23.7 Å². The fourth-order valence-corrected chi connectivity index (χ4v) is 6.22. The Morgan fingerprint density at radius 1 is 1.06 bits per heavy atom. The third-order valence-electron chi connectivity index (χ3n) is 6.20. The Morgan fingerprint density at radius 2 is 1.91 bits per heavy atom. The minimum Gasteiger partial charge on any atom is -0.495 e. The summed E-state index contributed by atoms with van der Waals surface area (Å²) in [5, 5.41) is 3.66. The lowest BCUT2D eigenvalue weighted by molar-refractivity contribution is 0.417. The number of benzene rings is 3. The fraction of sp³-hybridized carbons (Fsp3) is 0.200. The Bertz CT molecular complexity index is 1310. The lowest BCUT2D eigenvalue weighted by atomic mass is 9.77. The van der Waals surface area contributed by atoms with E-state index in [1.54, 1.807) is 36.4 Å². The van der Waals surface area contributed by atoms with Gasteiger partial charge in [0.1, 0.15) is 5.75 Å². The van der Waals surface area contributed by atoms with Crippen molar-refractivity contribution in [3.05, 3.63) is 94.5 Å². The van der Waals surface area contributed by atoms with Gasteiger partial charge in [-0.25, -0.2) is 8.42 Å². The number of rotatable bonds is 5. The van der Waals surface area contributed by atoms with Gasteiger partial charge in [-0.3, -0.25) is 4.72 Å². The maximum absolute atomic E-state index is 13.2. The molecule has 32 heavy (non-hydrogen) atoms. The highest BCUT2D eigenvalue weighted by atomic mass is 79.9. The van der Waals surface area contributed by atoms with Crippen molar-refractivity contribution in [3.8, 4) is 5.75 Å². The summed E-state index contributed by atoms with van der Waals surface area (Å²) in [5.74, 6) is 0.972. The van der Waals surface area contributed by atoms with Crippen LogP contribution in [0.2, 0.25) is 0 Å². The predicted octanol–water partition coefficient (Wildman–Crippen LogP) is 6.09. The molecule has 0 radical (unpaired) electrons. The van der Waals surface area contributed by atoms with Crippen molar-refractivity contribution in [2.75, 3.05) is 17.1 Å². The van der Waals surface area contributed by atoms with Gasteiger partial charge in [-0.2, -0.15) is 0 Å². The summed E-state index contributed by atoms with van der Waals surface area (Å²) in [7, 11) is -2.25. The smallest absolute Gasteiger partial charge is 0.262 e. The van der Waals surface area contributed by atoms with E-state index in [1.165, 1.54) is 12.7 Å². The number of hydrogen-bond acceptors (Lipinski definition) is 4. The molecular formula is C25H23BrN2O3S. The zero-order valence-corrected chi connectivity index (χ0v) is 19.9. The van der Waals surface area contributed by atoms with Crippen molar-refractivity contribution in [3.63, 3.8) is 0 Å². The Balaban J connectivity index is 1.50. The first kappa shape index (κ1) is 21.1. The van der Waals surface area contributed by atoms with Gasteiger partial charge in [0.2, 0.25) is 0 Å². The van der Waals surface area contributed by atoms with Crippen LogP contribution >= 0.6 is 15.9 Å². The molecule has 1 aliphatic heterocycles. The molecule has 0 saturated carbocycles. The molecule has 0 saturated heterocycles. The second-order valence-electron chi connectivity index (χ2n) is 8.09. The largest absolute Gasteiger partial charge is 0.495 e. The van der Waals surface area contributed by atoms with Crippen LogP contribution in [0.15, 0.2) is 88.3 Å². The summed E-state index contributed by atoms with van der Waals surface area (Å²) in [5.41, 5.74) is 3.62. The monoisotopic (exact) mass is 510 g/mol. The van der Waals surface area contributed by atoms with Gasteiger partial charge in [0.15, 0.2) is 0 Å². The van der Waals surface area contributed by atoms with E-state index in [4.69, 9.17) is 4.74 Å². The summed E-state index contributed by atoms with van der Waals surface area (Å²) in [6.07, 6.45) is 5.36. The third-order valence-corrected chi connectivity index (χ3v) is 8.06. The molecule has 0 bridgehead atoms. The van der Waals surface area contributed by atoms with Gasteiger partial charge in [0.25, 0.3) is 10.0 Å². The molecule has 0 spiro atoms. The number of anilines is 2. The Morgan fingerprint density at radius 3 is 2.72 bits per heavy atom. The molecule has 5 rings (SSSR count). The van der Waals surface area contributed by atoms with Crippen molar-refractivity contribution in [2.24, 2.45) is 5.92 Å². The van der Waals surface area contributed by atoms with Crippen LogP contribution in [0.25, 0.3) is 0 Å². The zero-order valence-electron chi connectivity index (χ0n) is 17.5. The van der Waals surface area contributed by atoms with Crippen molar-refractivity contribution >= 4 is 37.3 Å². The minimum atomic E-state index is -3.77. The number of para-hydroxylation sites is 2. The van der Waals surface area contributed by atoms with Crippen LogP contribution in [0.5, 0.6) is 5.75 Å². The lowest BCUT2D eigenvalue weighted by Gasteiger charge is -2.37. The van der Waals surface area contributed by atoms with E-state index in [0.29, 0.717) is 17.4 Å². The molecular weight excluding hydrogens is 488 g/mol. The van der Waals surface area contributed by atoms with Gasteiger partial charge in [-0.05, 0) is 65.9 Å². The first-order chi connectivity index (χ1) is 15.5. The number of halogens is 1. The second-order valence-corrected chi connectivity index (χ2v) is 10.7.